The summed E-state index contributed by atoms with van der Waals surface area (Å²) in [6.45, 7) is 1.78. The molecular weight excluding hydrogens is 318 g/mol. The number of nitrogens with one attached hydrogen (secondary N) is 1. The highest BCUT2D eigenvalue weighted by Gasteiger charge is 2.25. The van der Waals surface area contributed by atoms with Crippen molar-refractivity contribution in [3.05, 3.63) is 59.5 Å². The fourth-order valence-electron chi connectivity index (χ4n) is 3.04. The molecule has 0 radical (unpaired) electrons. The van der Waals surface area contributed by atoms with Crippen LogP contribution in [0.1, 0.15) is 46.4 Å². The summed E-state index contributed by atoms with van der Waals surface area (Å²) in [5, 5.41) is 6.76. The van der Waals surface area contributed by atoms with Gasteiger partial charge in [-0.05, 0) is 38.3 Å². The Bertz CT molecular complexity index is 907. The van der Waals surface area contributed by atoms with Crippen LogP contribution in [0, 0.1) is 6.92 Å². The lowest BCUT2D eigenvalue weighted by Gasteiger charge is -2.25. The molecule has 0 aromatic carbocycles. The quantitative estimate of drug-likeness (QED) is 0.791. The van der Waals surface area contributed by atoms with Crippen LogP contribution in [0.3, 0.4) is 0 Å². The van der Waals surface area contributed by atoms with Gasteiger partial charge in [0.15, 0.2) is 5.82 Å². The minimum absolute atomic E-state index is 0.117. The highest BCUT2D eigenvalue weighted by Crippen LogP contribution is 2.29. The van der Waals surface area contributed by atoms with Crippen molar-refractivity contribution in [1.29, 1.82) is 0 Å². The Kier molecular flexibility index (Phi) is 3.97. The molecule has 0 saturated carbocycles. The Morgan fingerprint density at radius 2 is 2.16 bits per heavy atom. The molecule has 1 atom stereocenters. The summed E-state index contributed by atoms with van der Waals surface area (Å²) in [5.41, 5.74) is 3.56. The molecule has 3 aromatic heterocycles. The first-order valence-electron chi connectivity index (χ1n) is 8.21. The van der Waals surface area contributed by atoms with E-state index in [1.807, 2.05) is 18.3 Å². The summed E-state index contributed by atoms with van der Waals surface area (Å²) in [7, 11) is 0. The average molecular weight is 335 g/mol. The van der Waals surface area contributed by atoms with Crippen LogP contribution in [0.4, 0.5) is 0 Å². The minimum Gasteiger partial charge on any atom is -0.351 e. The van der Waals surface area contributed by atoms with Crippen molar-refractivity contribution in [2.24, 2.45) is 0 Å². The Hall–Kier alpha value is -3.09. The van der Waals surface area contributed by atoms with Crippen LogP contribution in [-0.2, 0) is 6.42 Å². The van der Waals surface area contributed by atoms with Gasteiger partial charge in [-0.3, -0.25) is 9.78 Å². The number of amides is 1. The highest BCUT2D eigenvalue weighted by molar-refractivity contribution is 5.91. The van der Waals surface area contributed by atoms with E-state index in [0.29, 0.717) is 11.5 Å². The van der Waals surface area contributed by atoms with E-state index in [-0.39, 0.29) is 17.7 Å². The van der Waals surface area contributed by atoms with Crippen molar-refractivity contribution in [2.75, 3.05) is 0 Å². The second kappa shape index (κ2) is 6.43. The Morgan fingerprint density at radius 3 is 2.92 bits per heavy atom. The molecule has 3 heterocycles. The van der Waals surface area contributed by atoms with E-state index in [0.717, 1.165) is 36.1 Å². The van der Waals surface area contributed by atoms with Gasteiger partial charge in [0.05, 0.1) is 11.7 Å². The molecule has 4 rings (SSSR count). The number of fused-ring (bicyclic) bond motifs is 1. The van der Waals surface area contributed by atoms with Gasteiger partial charge in [-0.2, -0.15) is 0 Å². The Morgan fingerprint density at radius 1 is 1.32 bits per heavy atom. The van der Waals surface area contributed by atoms with Gasteiger partial charge in [-0.1, -0.05) is 5.16 Å². The summed E-state index contributed by atoms with van der Waals surface area (Å²) in [4.78, 5) is 25.5. The summed E-state index contributed by atoms with van der Waals surface area (Å²) in [5.74, 6) is 0.634. The van der Waals surface area contributed by atoms with Crippen molar-refractivity contribution in [2.45, 2.75) is 32.2 Å². The average Bonchev–Trinajstić information content (AvgIpc) is 3.09. The van der Waals surface area contributed by atoms with E-state index in [1.54, 1.807) is 25.4 Å². The lowest BCUT2D eigenvalue weighted by Crippen LogP contribution is -2.31. The smallest absolute Gasteiger partial charge is 0.290 e. The first kappa shape index (κ1) is 15.4. The predicted octanol–water partition coefficient (Wildman–Crippen LogP) is 2.64. The lowest BCUT2D eigenvalue weighted by molar-refractivity contribution is 0.0895. The van der Waals surface area contributed by atoms with Gasteiger partial charge < -0.3 is 9.84 Å². The number of aromatic nitrogens is 4. The number of rotatable bonds is 3. The molecule has 0 spiro atoms. The molecule has 0 fully saturated rings. The van der Waals surface area contributed by atoms with Crippen LogP contribution in [0.15, 0.2) is 41.3 Å². The van der Waals surface area contributed by atoms with Crippen molar-refractivity contribution in [3.8, 4) is 11.4 Å². The van der Waals surface area contributed by atoms with Crippen LogP contribution >= 0.6 is 0 Å². The zero-order chi connectivity index (χ0) is 17.2. The predicted molar refractivity (Wildman–Crippen MR) is 89.6 cm³/mol. The van der Waals surface area contributed by atoms with Gasteiger partial charge in [0, 0.05) is 41.5 Å². The number of carbonyl (C=O) groups excluding carboxylic acids is 1. The summed E-state index contributed by atoms with van der Waals surface area (Å²) in [6, 6.07) is 5.28. The molecule has 1 aliphatic rings. The maximum Gasteiger partial charge on any atom is 0.290 e. The van der Waals surface area contributed by atoms with Crippen molar-refractivity contribution >= 4 is 5.91 Å². The standard InChI is InChI=1S/C18H17N5O2/c1-11-9-16(25-23-11)18(24)22-15-4-2-3-14-13(15)10-20-17(21-14)12-5-7-19-8-6-12/h5-10,15H,2-4H2,1H3,(H,22,24). The van der Waals surface area contributed by atoms with Gasteiger partial charge in [-0.25, -0.2) is 9.97 Å². The molecule has 1 N–H and O–H groups in total. The summed E-state index contributed by atoms with van der Waals surface area (Å²) < 4.78 is 5.03. The van der Waals surface area contributed by atoms with E-state index >= 15 is 0 Å². The van der Waals surface area contributed by atoms with Crippen LogP contribution in [0.2, 0.25) is 0 Å². The SMILES string of the molecule is Cc1cc(C(=O)NC2CCCc3nc(-c4ccncc4)ncc32)on1. The van der Waals surface area contributed by atoms with Crippen LogP contribution in [0.5, 0.6) is 0 Å². The molecule has 0 aliphatic heterocycles. The molecule has 0 saturated heterocycles. The number of hydrogen-bond donors (Lipinski definition) is 1. The van der Waals surface area contributed by atoms with E-state index in [4.69, 9.17) is 9.51 Å². The fraction of sp³-hybridized carbons (Fsp3) is 0.278. The van der Waals surface area contributed by atoms with Gasteiger partial charge >= 0.3 is 0 Å². The topological polar surface area (TPSA) is 93.8 Å². The third-order valence-electron chi connectivity index (χ3n) is 4.28. The Labute approximate surface area is 144 Å². The molecule has 7 nitrogen and oxygen atoms in total. The van der Waals surface area contributed by atoms with E-state index < -0.39 is 0 Å². The Balaban J connectivity index is 1.59. The maximum absolute atomic E-state index is 12.3. The molecule has 1 aliphatic carbocycles. The van der Waals surface area contributed by atoms with Gasteiger partial charge in [0.25, 0.3) is 5.91 Å². The normalized spacial score (nSPS) is 16.3. The number of nitrogens with zero attached hydrogens (tertiary/aromatic N) is 4. The number of pyridine rings is 1. The number of carbonyl (C=O) groups is 1. The number of aryl methyl sites for hydroxylation is 2. The summed E-state index contributed by atoms with van der Waals surface area (Å²) in [6.07, 6.45) is 7.95. The van der Waals surface area contributed by atoms with Crippen molar-refractivity contribution < 1.29 is 9.32 Å². The lowest BCUT2D eigenvalue weighted by atomic mass is 9.92. The van der Waals surface area contributed by atoms with Crippen LogP contribution in [0.25, 0.3) is 11.4 Å². The molecule has 25 heavy (non-hydrogen) atoms. The van der Waals surface area contributed by atoms with Crippen molar-refractivity contribution in [3.63, 3.8) is 0 Å². The largest absolute Gasteiger partial charge is 0.351 e. The molecular formula is C18H17N5O2. The minimum atomic E-state index is -0.267. The molecule has 7 heteroatoms. The van der Waals surface area contributed by atoms with Crippen LogP contribution in [-0.4, -0.2) is 26.0 Å². The van der Waals surface area contributed by atoms with Gasteiger partial charge in [0.1, 0.15) is 0 Å². The van der Waals surface area contributed by atoms with E-state index in [2.05, 4.69) is 20.4 Å². The maximum atomic E-state index is 12.3. The second-order valence-electron chi connectivity index (χ2n) is 6.08. The first-order valence-corrected chi connectivity index (χ1v) is 8.21. The number of hydrogen-bond acceptors (Lipinski definition) is 6. The third kappa shape index (κ3) is 3.13. The van der Waals surface area contributed by atoms with E-state index in [9.17, 15) is 4.79 Å². The summed E-state index contributed by atoms with van der Waals surface area (Å²) >= 11 is 0. The second-order valence-corrected chi connectivity index (χ2v) is 6.08. The monoisotopic (exact) mass is 335 g/mol. The zero-order valence-corrected chi connectivity index (χ0v) is 13.8. The van der Waals surface area contributed by atoms with Crippen molar-refractivity contribution in [1.82, 2.24) is 25.4 Å². The highest BCUT2D eigenvalue weighted by atomic mass is 16.5. The third-order valence-corrected chi connectivity index (χ3v) is 4.28. The van der Waals surface area contributed by atoms with E-state index in [1.165, 1.54) is 0 Å². The van der Waals surface area contributed by atoms with Crippen LogP contribution < -0.4 is 5.32 Å². The molecule has 0 bridgehead atoms. The molecule has 1 amide bonds. The molecule has 1 unspecified atom stereocenters. The molecule has 126 valence electrons. The first-order chi connectivity index (χ1) is 12.2. The van der Waals surface area contributed by atoms with Gasteiger partial charge in [-0.15, -0.1) is 0 Å². The zero-order valence-electron chi connectivity index (χ0n) is 13.8. The fourth-order valence-corrected chi connectivity index (χ4v) is 3.04. The van der Waals surface area contributed by atoms with Gasteiger partial charge in [0.2, 0.25) is 5.76 Å². The molecule has 3 aromatic rings.